The van der Waals surface area contributed by atoms with Crippen LogP contribution in [0.3, 0.4) is 0 Å². The first kappa shape index (κ1) is 16.8. The lowest BCUT2D eigenvalue weighted by Crippen LogP contribution is -2.01. The molecule has 128 valence electrons. The van der Waals surface area contributed by atoms with Crippen LogP contribution in [0, 0.1) is 13.8 Å². The molecule has 0 spiro atoms. The summed E-state index contributed by atoms with van der Waals surface area (Å²) in [6.45, 7) is 4.15. The average Bonchev–Trinajstić information content (AvgIpc) is 2.63. The van der Waals surface area contributed by atoms with E-state index < -0.39 is 0 Å². The minimum Gasteiger partial charge on any atom is -0.506 e. The number of aryl methyl sites for hydroxylation is 2. The van der Waals surface area contributed by atoms with Crippen molar-refractivity contribution in [3.63, 3.8) is 0 Å². The van der Waals surface area contributed by atoms with E-state index in [4.69, 9.17) is 9.47 Å². The molecule has 0 unspecified atom stereocenters. The minimum absolute atomic E-state index is 0.0815. The van der Waals surface area contributed by atoms with Crippen LogP contribution in [0.2, 0.25) is 0 Å². The fourth-order valence-electron chi connectivity index (χ4n) is 2.44. The molecule has 5 heteroatoms. The first-order chi connectivity index (χ1) is 12.1. The number of hydrogen-bond acceptors (Lipinski definition) is 5. The summed E-state index contributed by atoms with van der Waals surface area (Å²) in [5, 5.41) is 10.2. The molecule has 0 radical (unpaired) electrons. The Morgan fingerprint density at radius 3 is 2.16 bits per heavy atom. The number of methoxy groups -OCH3 is 1. The highest BCUT2D eigenvalue weighted by Gasteiger charge is 2.15. The summed E-state index contributed by atoms with van der Waals surface area (Å²) >= 11 is 0. The summed E-state index contributed by atoms with van der Waals surface area (Å²) in [5.74, 6) is 1.46. The van der Waals surface area contributed by atoms with E-state index in [0.29, 0.717) is 23.7 Å². The Morgan fingerprint density at radius 2 is 1.48 bits per heavy atom. The number of pyridine rings is 2. The predicted molar refractivity (Wildman–Crippen MR) is 95.9 cm³/mol. The van der Waals surface area contributed by atoms with Gasteiger partial charge in [-0.1, -0.05) is 12.1 Å². The lowest BCUT2D eigenvalue weighted by molar-refractivity contribution is 0.306. The molecule has 0 saturated heterocycles. The number of ether oxygens (including phenoxy) is 2. The lowest BCUT2D eigenvalue weighted by Gasteiger charge is -2.13. The van der Waals surface area contributed by atoms with Crippen LogP contribution in [0.15, 0.2) is 48.5 Å². The summed E-state index contributed by atoms with van der Waals surface area (Å²) in [7, 11) is 1.64. The van der Waals surface area contributed by atoms with Gasteiger partial charge in [-0.15, -0.1) is 0 Å². The zero-order chi connectivity index (χ0) is 17.8. The Kier molecular flexibility index (Phi) is 4.84. The van der Waals surface area contributed by atoms with Crippen molar-refractivity contribution >= 4 is 0 Å². The lowest BCUT2D eigenvalue weighted by atomic mass is 10.2. The van der Waals surface area contributed by atoms with Gasteiger partial charge in [-0.2, -0.15) is 0 Å². The maximum Gasteiger partial charge on any atom is 0.147 e. The molecule has 0 atom stereocenters. The van der Waals surface area contributed by atoms with Crippen molar-refractivity contribution in [1.82, 2.24) is 9.97 Å². The number of aromatic hydroxyl groups is 1. The molecule has 5 nitrogen and oxygen atoms in total. The van der Waals surface area contributed by atoms with E-state index in [2.05, 4.69) is 9.97 Å². The van der Waals surface area contributed by atoms with Crippen molar-refractivity contribution in [3.8, 4) is 28.6 Å². The van der Waals surface area contributed by atoms with Crippen LogP contribution in [0.1, 0.15) is 17.0 Å². The fraction of sp³-hybridized carbons (Fsp3) is 0.200. The van der Waals surface area contributed by atoms with Crippen molar-refractivity contribution in [2.24, 2.45) is 0 Å². The van der Waals surface area contributed by atoms with Crippen LogP contribution in [0.25, 0.3) is 11.4 Å². The molecule has 0 amide bonds. The molecule has 1 N–H and O–H groups in total. The van der Waals surface area contributed by atoms with Crippen molar-refractivity contribution in [2.75, 3.05) is 7.11 Å². The van der Waals surface area contributed by atoms with Gasteiger partial charge < -0.3 is 14.6 Å². The summed E-state index contributed by atoms with van der Waals surface area (Å²) in [5.41, 5.74) is 3.60. The van der Waals surface area contributed by atoms with E-state index >= 15 is 0 Å². The van der Waals surface area contributed by atoms with Gasteiger partial charge in [0.15, 0.2) is 0 Å². The molecule has 25 heavy (non-hydrogen) atoms. The van der Waals surface area contributed by atoms with Crippen molar-refractivity contribution in [3.05, 3.63) is 65.5 Å². The summed E-state index contributed by atoms with van der Waals surface area (Å²) in [6, 6.07) is 14.8. The van der Waals surface area contributed by atoms with E-state index in [1.165, 1.54) is 0 Å². The maximum absolute atomic E-state index is 10.2. The number of benzene rings is 1. The molecule has 3 aromatic rings. The molecule has 0 saturated carbocycles. The van der Waals surface area contributed by atoms with Crippen LogP contribution in [-0.2, 0) is 6.61 Å². The topological polar surface area (TPSA) is 64.5 Å². The molecule has 0 fully saturated rings. The zero-order valence-corrected chi connectivity index (χ0v) is 14.5. The Balaban J connectivity index is 1.89. The summed E-state index contributed by atoms with van der Waals surface area (Å²) in [6.07, 6.45) is 0. The Hall–Kier alpha value is -3.08. The van der Waals surface area contributed by atoms with Crippen LogP contribution >= 0.6 is 0 Å². The number of hydrogen-bond donors (Lipinski definition) is 1. The Bertz CT molecular complexity index is 877. The van der Waals surface area contributed by atoms with Gasteiger partial charge in [-0.05, 0) is 55.8 Å². The second kappa shape index (κ2) is 7.21. The zero-order valence-electron chi connectivity index (χ0n) is 14.5. The third kappa shape index (κ3) is 3.88. The molecule has 0 bridgehead atoms. The number of rotatable bonds is 5. The highest BCUT2D eigenvalue weighted by atomic mass is 16.5. The van der Waals surface area contributed by atoms with Crippen LogP contribution in [0.5, 0.6) is 17.2 Å². The Labute approximate surface area is 146 Å². The highest BCUT2D eigenvalue weighted by molar-refractivity contribution is 5.68. The normalized spacial score (nSPS) is 10.5. The molecular weight excluding hydrogens is 316 g/mol. The largest absolute Gasteiger partial charge is 0.506 e. The molecular formula is C20H20N2O3. The van der Waals surface area contributed by atoms with E-state index in [0.717, 1.165) is 22.7 Å². The van der Waals surface area contributed by atoms with Gasteiger partial charge in [0, 0.05) is 11.4 Å². The molecule has 0 aliphatic rings. The molecule has 1 aromatic carbocycles. The molecule has 3 rings (SSSR count). The van der Waals surface area contributed by atoms with Gasteiger partial charge in [0.2, 0.25) is 0 Å². The average molecular weight is 336 g/mol. The first-order valence-corrected chi connectivity index (χ1v) is 7.97. The van der Waals surface area contributed by atoms with Gasteiger partial charge >= 0.3 is 0 Å². The second-order valence-electron chi connectivity index (χ2n) is 5.76. The smallest absolute Gasteiger partial charge is 0.147 e. The van der Waals surface area contributed by atoms with Crippen LogP contribution in [-0.4, -0.2) is 22.2 Å². The van der Waals surface area contributed by atoms with E-state index in [1.54, 1.807) is 19.2 Å². The number of aromatic nitrogens is 2. The van der Waals surface area contributed by atoms with Gasteiger partial charge in [0.1, 0.15) is 35.2 Å². The minimum atomic E-state index is 0.0815. The van der Waals surface area contributed by atoms with Crippen molar-refractivity contribution in [1.29, 1.82) is 0 Å². The van der Waals surface area contributed by atoms with E-state index in [9.17, 15) is 5.11 Å². The summed E-state index contributed by atoms with van der Waals surface area (Å²) in [4.78, 5) is 8.93. The molecule has 2 aromatic heterocycles. The van der Waals surface area contributed by atoms with Crippen molar-refractivity contribution in [2.45, 2.75) is 20.5 Å². The quantitative estimate of drug-likeness (QED) is 0.761. The predicted octanol–water partition coefficient (Wildman–Crippen LogP) is 4.05. The summed E-state index contributed by atoms with van der Waals surface area (Å²) < 4.78 is 11.1. The molecule has 2 heterocycles. The van der Waals surface area contributed by atoms with Gasteiger partial charge in [-0.3, -0.25) is 0 Å². The number of nitrogens with zero attached hydrogens (tertiary/aromatic N) is 2. The van der Waals surface area contributed by atoms with E-state index in [-0.39, 0.29) is 5.75 Å². The Morgan fingerprint density at radius 1 is 0.840 bits per heavy atom. The monoisotopic (exact) mass is 336 g/mol. The highest BCUT2D eigenvalue weighted by Crippen LogP contribution is 2.33. The van der Waals surface area contributed by atoms with Crippen LogP contribution < -0.4 is 9.47 Å². The van der Waals surface area contributed by atoms with Gasteiger partial charge in [-0.25, -0.2) is 9.97 Å². The SMILES string of the molecule is COc1ccc(COc2ccc(C)nc2-c2nc(C)ccc2O)cc1. The third-order valence-corrected chi connectivity index (χ3v) is 3.79. The van der Waals surface area contributed by atoms with E-state index in [1.807, 2.05) is 50.2 Å². The molecule has 0 aliphatic carbocycles. The van der Waals surface area contributed by atoms with Crippen LogP contribution in [0.4, 0.5) is 0 Å². The molecule has 0 aliphatic heterocycles. The van der Waals surface area contributed by atoms with Crippen molar-refractivity contribution < 1.29 is 14.6 Å². The third-order valence-electron chi connectivity index (χ3n) is 3.79. The fourth-order valence-corrected chi connectivity index (χ4v) is 2.44. The second-order valence-corrected chi connectivity index (χ2v) is 5.76. The standard InChI is InChI=1S/C20H20N2O3/c1-13-4-10-17(23)19(21-13)20-18(11-5-14(2)22-20)25-12-15-6-8-16(24-3)9-7-15/h4-11,23H,12H2,1-3H3. The van der Waals surface area contributed by atoms with Gasteiger partial charge in [0.25, 0.3) is 0 Å². The maximum atomic E-state index is 10.2. The first-order valence-electron chi connectivity index (χ1n) is 7.97. The van der Waals surface area contributed by atoms with Gasteiger partial charge in [0.05, 0.1) is 7.11 Å².